The number of hydrogen-bond acceptors (Lipinski definition) is 2. The van der Waals surface area contributed by atoms with Gasteiger partial charge in [-0.3, -0.25) is 0 Å². The predicted octanol–water partition coefficient (Wildman–Crippen LogP) is 3.67. The van der Waals surface area contributed by atoms with Crippen molar-refractivity contribution in [2.24, 2.45) is 0 Å². The van der Waals surface area contributed by atoms with Gasteiger partial charge >= 0.3 is 0 Å². The molecule has 0 saturated heterocycles. The third-order valence-electron chi connectivity index (χ3n) is 4.93. The third-order valence-corrected chi connectivity index (χ3v) is 10.0. The molecule has 0 aromatic heterocycles. The molecule has 25 heavy (non-hydrogen) atoms. The van der Waals surface area contributed by atoms with E-state index in [1.807, 2.05) is 36.4 Å². The predicted molar refractivity (Wildman–Crippen MR) is 105 cm³/mol. The van der Waals surface area contributed by atoms with Crippen LogP contribution < -0.4 is 10.4 Å². The first-order valence-electron chi connectivity index (χ1n) is 8.74. The summed E-state index contributed by atoms with van der Waals surface area (Å²) in [5.41, 5.74) is -1.80. The van der Waals surface area contributed by atoms with E-state index in [0.29, 0.717) is 0 Å². The molecule has 0 fully saturated rings. The minimum Gasteiger partial charge on any atom is -0.401 e. The van der Waals surface area contributed by atoms with E-state index in [1.165, 1.54) is 6.92 Å². The number of halogens is 1. The van der Waals surface area contributed by atoms with Crippen LogP contribution in [0.1, 0.15) is 34.6 Å². The highest BCUT2D eigenvalue weighted by atomic mass is 28.4. The molecule has 0 aliphatic heterocycles. The first-order chi connectivity index (χ1) is 11.6. The average molecular weight is 361 g/mol. The molecule has 0 heterocycles. The van der Waals surface area contributed by atoms with E-state index in [0.717, 1.165) is 10.4 Å². The van der Waals surface area contributed by atoms with Crippen molar-refractivity contribution in [2.75, 3.05) is 6.61 Å². The van der Waals surface area contributed by atoms with Crippen molar-refractivity contribution in [3.05, 3.63) is 60.7 Å². The second-order valence-corrected chi connectivity index (χ2v) is 12.1. The van der Waals surface area contributed by atoms with Crippen LogP contribution in [0.15, 0.2) is 60.7 Å². The van der Waals surface area contributed by atoms with Crippen LogP contribution in [0.25, 0.3) is 0 Å². The van der Waals surface area contributed by atoms with Gasteiger partial charge in [-0.2, -0.15) is 0 Å². The summed E-state index contributed by atoms with van der Waals surface area (Å²) in [6, 6.07) is 20.3. The maximum Gasteiger partial charge on any atom is 0.261 e. The van der Waals surface area contributed by atoms with Gasteiger partial charge < -0.3 is 9.53 Å². The van der Waals surface area contributed by atoms with Crippen molar-refractivity contribution in [3.8, 4) is 0 Å². The largest absolute Gasteiger partial charge is 0.401 e. The van der Waals surface area contributed by atoms with E-state index >= 15 is 0 Å². The second-order valence-electron chi connectivity index (χ2n) is 7.86. The number of benzene rings is 2. The Labute approximate surface area is 151 Å². The van der Waals surface area contributed by atoms with Crippen LogP contribution in [0.3, 0.4) is 0 Å². The van der Waals surface area contributed by atoms with Gasteiger partial charge in [0.1, 0.15) is 0 Å². The summed E-state index contributed by atoms with van der Waals surface area (Å²) in [7, 11) is -2.79. The summed E-state index contributed by atoms with van der Waals surface area (Å²) >= 11 is 0. The van der Waals surface area contributed by atoms with Gasteiger partial charge in [0.2, 0.25) is 0 Å². The molecule has 0 radical (unpaired) electrons. The molecule has 136 valence electrons. The molecule has 2 rings (SSSR count). The van der Waals surface area contributed by atoms with Crippen LogP contribution in [0, 0.1) is 0 Å². The van der Waals surface area contributed by atoms with E-state index in [9.17, 15) is 9.50 Å². The molecule has 0 spiro atoms. The summed E-state index contributed by atoms with van der Waals surface area (Å²) in [6.45, 7) is 9.01. The van der Waals surface area contributed by atoms with Gasteiger partial charge in [-0.25, -0.2) is 4.39 Å². The van der Waals surface area contributed by atoms with Crippen molar-refractivity contribution in [3.63, 3.8) is 0 Å². The van der Waals surface area contributed by atoms with Crippen LogP contribution in [-0.4, -0.2) is 31.8 Å². The monoisotopic (exact) mass is 360 g/mol. The van der Waals surface area contributed by atoms with Crippen LogP contribution in [-0.2, 0) is 4.43 Å². The Morgan fingerprint density at radius 2 is 1.32 bits per heavy atom. The van der Waals surface area contributed by atoms with Gasteiger partial charge in [0, 0.05) is 0 Å². The van der Waals surface area contributed by atoms with E-state index < -0.39 is 26.7 Å². The first kappa shape index (κ1) is 19.8. The van der Waals surface area contributed by atoms with E-state index in [2.05, 4.69) is 45.0 Å². The van der Waals surface area contributed by atoms with Crippen LogP contribution in [0.4, 0.5) is 4.39 Å². The second kappa shape index (κ2) is 7.40. The number of rotatable bonds is 6. The number of aliphatic hydroxyl groups excluding tert-OH is 1. The molecular formula is C21H29FO2Si. The lowest BCUT2D eigenvalue weighted by molar-refractivity contribution is -0.0141. The molecular weight excluding hydrogens is 331 g/mol. The molecule has 2 aromatic carbocycles. The molecule has 4 heteroatoms. The maximum absolute atomic E-state index is 14.8. The summed E-state index contributed by atoms with van der Waals surface area (Å²) in [5.74, 6) is 0. The van der Waals surface area contributed by atoms with E-state index in [-0.39, 0.29) is 5.04 Å². The Hall–Kier alpha value is -1.49. The van der Waals surface area contributed by atoms with Gasteiger partial charge in [-0.05, 0) is 29.3 Å². The molecule has 0 bridgehead atoms. The summed E-state index contributed by atoms with van der Waals surface area (Å²) < 4.78 is 21.4. The molecule has 0 amide bonds. The van der Waals surface area contributed by atoms with Crippen LogP contribution in [0.2, 0.25) is 5.04 Å². The fourth-order valence-corrected chi connectivity index (χ4v) is 8.00. The molecule has 0 aliphatic rings. The van der Waals surface area contributed by atoms with Crippen molar-refractivity contribution < 1.29 is 13.9 Å². The van der Waals surface area contributed by atoms with Gasteiger partial charge in [0.05, 0.1) is 12.7 Å². The zero-order chi connectivity index (χ0) is 18.7. The molecule has 2 unspecified atom stereocenters. The lowest BCUT2D eigenvalue weighted by Gasteiger charge is -2.46. The fraction of sp³-hybridized carbons (Fsp3) is 0.429. The lowest BCUT2D eigenvalue weighted by atomic mass is 10.1. The molecule has 2 aromatic rings. The Morgan fingerprint density at radius 1 is 0.920 bits per heavy atom. The van der Waals surface area contributed by atoms with E-state index in [1.54, 1.807) is 6.92 Å². The first-order valence-corrected chi connectivity index (χ1v) is 10.6. The average Bonchev–Trinajstić information content (AvgIpc) is 2.59. The van der Waals surface area contributed by atoms with Crippen LogP contribution in [0.5, 0.6) is 0 Å². The van der Waals surface area contributed by atoms with Crippen molar-refractivity contribution in [1.82, 2.24) is 0 Å². The Kier molecular flexibility index (Phi) is 5.87. The highest BCUT2D eigenvalue weighted by Gasteiger charge is 2.52. The van der Waals surface area contributed by atoms with Gasteiger partial charge in [0.15, 0.2) is 5.67 Å². The quantitative estimate of drug-likeness (QED) is 0.797. The van der Waals surface area contributed by atoms with Gasteiger partial charge in [-0.15, -0.1) is 0 Å². The minimum atomic E-state index is -2.79. The smallest absolute Gasteiger partial charge is 0.261 e. The number of hydrogen-bond donors (Lipinski definition) is 1. The van der Waals surface area contributed by atoms with Crippen molar-refractivity contribution >= 4 is 18.7 Å². The topological polar surface area (TPSA) is 29.5 Å². The fourth-order valence-electron chi connectivity index (χ4n) is 3.21. The lowest BCUT2D eigenvalue weighted by Crippen LogP contribution is -2.68. The third kappa shape index (κ3) is 3.86. The maximum atomic E-state index is 14.8. The summed E-state index contributed by atoms with van der Waals surface area (Å²) in [5, 5.41) is 11.5. The molecule has 1 N–H and O–H groups in total. The molecule has 0 aliphatic carbocycles. The minimum absolute atomic E-state index is 0.213. The normalized spacial score (nSPS) is 16.3. The van der Waals surface area contributed by atoms with Gasteiger partial charge in [0.25, 0.3) is 8.32 Å². The Balaban J connectivity index is 2.69. The SMILES string of the molecule is CC(O[Si](c1ccccc1)(c1ccccc1)C(C)(C)C)C(C)(F)CO. The molecule has 2 atom stereocenters. The summed E-state index contributed by atoms with van der Waals surface area (Å²) in [4.78, 5) is 0. The Bertz CT molecular complexity index is 626. The Morgan fingerprint density at radius 3 is 1.64 bits per heavy atom. The highest BCUT2D eigenvalue weighted by Crippen LogP contribution is 2.38. The van der Waals surface area contributed by atoms with Crippen molar-refractivity contribution in [2.45, 2.75) is 51.4 Å². The van der Waals surface area contributed by atoms with Crippen molar-refractivity contribution in [1.29, 1.82) is 0 Å². The van der Waals surface area contributed by atoms with E-state index in [4.69, 9.17) is 4.43 Å². The zero-order valence-electron chi connectivity index (χ0n) is 15.8. The number of alkyl halides is 1. The molecule has 0 saturated carbocycles. The number of aliphatic hydroxyl groups is 1. The van der Waals surface area contributed by atoms with Crippen LogP contribution >= 0.6 is 0 Å². The standard InChI is InChI=1S/C21H29FO2Si/c1-17(21(5,22)16-23)24-25(20(2,3)4,18-12-8-6-9-13-18)19-14-10-7-11-15-19/h6-15,17,23H,16H2,1-5H3. The van der Waals surface area contributed by atoms with Gasteiger partial charge in [-0.1, -0.05) is 81.4 Å². The summed E-state index contributed by atoms with van der Waals surface area (Å²) in [6.07, 6.45) is -0.733. The molecule has 2 nitrogen and oxygen atoms in total. The highest BCUT2D eigenvalue weighted by molar-refractivity contribution is 6.99. The zero-order valence-corrected chi connectivity index (χ0v) is 16.8.